The summed E-state index contributed by atoms with van der Waals surface area (Å²) < 4.78 is 15.6. The molecule has 0 bridgehead atoms. The Hall–Kier alpha value is -1.91. The van der Waals surface area contributed by atoms with E-state index in [0.29, 0.717) is 23.0 Å². The van der Waals surface area contributed by atoms with E-state index in [1.165, 1.54) is 25.3 Å². The lowest BCUT2D eigenvalue weighted by Gasteiger charge is -2.18. The van der Waals surface area contributed by atoms with E-state index >= 15 is 0 Å². The molecule has 0 unspecified atom stereocenters. The summed E-state index contributed by atoms with van der Waals surface area (Å²) in [4.78, 5) is 4.56. The highest BCUT2D eigenvalue weighted by Crippen LogP contribution is 2.32. The molecule has 1 aromatic carbocycles. The summed E-state index contributed by atoms with van der Waals surface area (Å²) in [7, 11) is 1.80. The maximum Gasteiger partial charge on any atom is 0.161 e. The lowest BCUT2D eigenvalue weighted by atomic mass is 9.89. The van der Waals surface area contributed by atoms with Gasteiger partial charge in [0.15, 0.2) is 11.6 Å². The topological polar surface area (TPSA) is 56.7 Å². The van der Waals surface area contributed by atoms with Crippen LogP contribution in [0.1, 0.15) is 43.8 Å². The number of nitrogens with zero attached hydrogens (tertiary/aromatic N) is 3. The first kappa shape index (κ1) is 13.1. The largest absolute Gasteiger partial charge is 0.399 e. The molecule has 1 saturated carbocycles. The minimum Gasteiger partial charge on any atom is -0.399 e. The molecule has 3 rings (SSSR count). The molecule has 4 nitrogen and oxygen atoms in total. The summed E-state index contributed by atoms with van der Waals surface area (Å²) >= 11 is 0. The Balaban J connectivity index is 1.98. The third kappa shape index (κ3) is 2.40. The molecule has 1 aliphatic carbocycles. The smallest absolute Gasteiger partial charge is 0.161 e. The number of benzene rings is 1. The van der Waals surface area contributed by atoms with E-state index in [0.717, 1.165) is 18.7 Å². The third-order valence-corrected chi connectivity index (χ3v) is 3.98. The maximum absolute atomic E-state index is 14.0. The van der Waals surface area contributed by atoms with Crippen LogP contribution in [0.15, 0.2) is 18.2 Å². The molecule has 106 valence electrons. The van der Waals surface area contributed by atoms with E-state index in [1.54, 1.807) is 23.9 Å². The van der Waals surface area contributed by atoms with E-state index in [-0.39, 0.29) is 5.82 Å². The Morgan fingerprint density at radius 1 is 1.25 bits per heavy atom. The summed E-state index contributed by atoms with van der Waals surface area (Å²) in [6, 6.07) is 4.54. The predicted molar refractivity (Wildman–Crippen MR) is 76.6 cm³/mol. The van der Waals surface area contributed by atoms with Gasteiger partial charge in [-0.25, -0.2) is 14.1 Å². The van der Waals surface area contributed by atoms with Gasteiger partial charge in [-0.05, 0) is 31.0 Å². The molecule has 1 aromatic heterocycles. The Morgan fingerprint density at radius 2 is 2.00 bits per heavy atom. The molecule has 1 fully saturated rings. The van der Waals surface area contributed by atoms with E-state index in [2.05, 4.69) is 10.1 Å². The number of halogens is 1. The standard InChI is InChI=1S/C15H19FN4/c1-20-15(12-9-11(17)7-8-13(12)16)18-14(19-20)10-5-3-2-4-6-10/h7-10H,2-6,17H2,1H3. The zero-order valence-electron chi connectivity index (χ0n) is 11.6. The maximum atomic E-state index is 14.0. The van der Waals surface area contributed by atoms with E-state index in [1.807, 2.05) is 0 Å². The number of nitrogen functional groups attached to an aromatic ring is 1. The van der Waals surface area contributed by atoms with Crippen molar-refractivity contribution in [3.63, 3.8) is 0 Å². The Morgan fingerprint density at radius 3 is 2.75 bits per heavy atom. The summed E-state index contributed by atoms with van der Waals surface area (Å²) in [5, 5.41) is 4.48. The second kappa shape index (κ2) is 5.23. The van der Waals surface area contributed by atoms with E-state index < -0.39 is 0 Å². The Labute approximate surface area is 117 Å². The van der Waals surface area contributed by atoms with Crippen LogP contribution in [0.4, 0.5) is 10.1 Å². The third-order valence-electron chi connectivity index (χ3n) is 3.98. The van der Waals surface area contributed by atoms with Crippen molar-refractivity contribution in [1.82, 2.24) is 14.8 Å². The van der Waals surface area contributed by atoms with Gasteiger partial charge < -0.3 is 5.73 Å². The number of aryl methyl sites for hydroxylation is 1. The van der Waals surface area contributed by atoms with Crippen molar-refractivity contribution in [2.24, 2.45) is 7.05 Å². The van der Waals surface area contributed by atoms with Gasteiger partial charge in [0, 0.05) is 18.7 Å². The van der Waals surface area contributed by atoms with Crippen LogP contribution in [-0.4, -0.2) is 14.8 Å². The lowest BCUT2D eigenvalue weighted by molar-refractivity contribution is 0.427. The molecule has 0 radical (unpaired) electrons. The summed E-state index contributed by atoms with van der Waals surface area (Å²) in [5.74, 6) is 1.48. The van der Waals surface area contributed by atoms with Gasteiger partial charge in [0.05, 0.1) is 5.56 Å². The SMILES string of the molecule is Cn1nc(C2CCCCC2)nc1-c1cc(N)ccc1F. The van der Waals surface area contributed by atoms with Crippen LogP contribution >= 0.6 is 0 Å². The molecule has 0 atom stereocenters. The molecule has 0 saturated heterocycles. The minimum absolute atomic E-state index is 0.315. The minimum atomic E-state index is -0.315. The fraction of sp³-hybridized carbons (Fsp3) is 0.467. The van der Waals surface area contributed by atoms with Crippen molar-refractivity contribution in [3.8, 4) is 11.4 Å². The Bertz CT molecular complexity index is 614. The second-order valence-electron chi connectivity index (χ2n) is 5.49. The van der Waals surface area contributed by atoms with Crippen molar-refractivity contribution in [3.05, 3.63) is 29.8 Å². The van der Waals surface area contributed by atoms with Crippen molar-refractivity contribution in [2.45, 2.75) is 38.0 Å². The normalized spacial score (nSPS) is 16.5. The van der Waals surface area contributed by atoms with Crippen molar-refractivity contribution < 1.29 is 4.39 Å². The van der Waals surface area contributed by atoms with Gasteiger partial charge in [-0.15, -0.1) is 0 Å². The molecular weight excluding hydrogens is 255 g/mol. The van der Waals surface area contributed by atoms with E-state index in [4.69, 9.17) is 5.73 Å². The predicted octanol–water partition coefficient (Wildman–Crippen LogP) is 3.25. The first-order chi connectivity index (χ1) is 9.65. The van der Waals surface area contributed by atoms with Crippen LogP contribution < -0.4 is 5.73 Å². The summed E-state index contributed by atoms with van der Waals surface area (Å²) in [6.45, 7) is 0. The van der Waals surface area contributed by atoms with Gasteiger partial charge >= 0.3 is 0 Å². The number of rotatable bonds is 2. The molecule has 20 heavy (non-hydrogen) atoms. The molecular formula is C15H19FN4. The molecule has 1 heterocycles. The van der Waals surface area contributed by atoms with Crippen LogP contribution in [0.3, 0.4) is 0 Å². The highest BCUT2D eigenvalue weighted by molar-refractivity contribution is 5.62. The molecule has 0 aliphatic heterocycles. The van der Waals surface area contributed by atoms with Gasteiger partial charge in [-0.1, -0.05) is 19.3 Å². The monoisotopic (exact) mass is 274 g/mol. The van der Waals surface area contributed by atoms with Crippen LogP contribution in [0.25, 0.3) is 11.4 Å². The first-order valence-electron chi connectivity index (χ1n) is 7.11. The highest BCUT2D eigenvalue weighted by Gasteiger charge is 2.22. The fourth-order valence-corrected chi connectivity index (χ4v) is 2.89. The highest BCUT2D eigenvalue weighted by atomic mass is 19.1. The van der Waals surface area contributed by atoms with Gasteiger partial charge in [-0.2, -0.15) is 5.10 Å². The van der Waals surface area contributed by atoms with Crippen LogP contribution in [0.5, 0.6) is 0 Å². The van der Waals surface area contributed by atoms with Crippen LogP contribution in [-0.2, 0) is 7.05 Å². The quantitative estimate of drug-likeness (QED) is 0.855. The molecule has 1 aliphatic rings. The Kier molecular flexibility index (Phi) is 3.42. The second-order valence-corrected chi connectivity index (χ2v) is 5.49. The molecule has 2 N–H and O–H groups in total. The zero-order valence-corrected chi connectivity index (χ0v) is 11.6. The van der Waals surface area contributed by atoms with Crippen LogP contribution in [0, 0.1) is 5.82 Å². The number of hydrogen-bond acceptors (Lipinski definition) is 3. The molecule has 5 heteroatoms. The van der Waals surface area contributed by atoms with Gasteiger partial charge in [0.1, 0.15) is 5.82 Å². The average Bonchev–Trinajstić information content (AvgIpc) is 2.84. The summed E-state index contributed by atoms with van der Waals surface area (Å²) in [5.41, 5.74) is 6.69. The van der Waals surface area contributed by atoms with Crippen molar-refractivity contribution >= 4 is 5.69 Å². The molecule has 2 aromatic rings. The van der Waals surface area contributed by atoms with Crippen LogP contribution in [0.2, 0.25) is 0 Å². The fourth-order valence-electron chi connectivity index (χ4n) is 2.89. The van der Waals surface area contributed by atoms with Gasteiger partial charge in [0.2, 0.25) is 0 Å². The van der Waals surface area contributed by atoms with E-state index in [9.17, 15) is 4.39 Å². The average molecular weight is 274 g/mol. The van der Waals surface area contributed by atoms with Gasteiger partial charge in [0.25, 0.3) is 0 Å². The number of nitrogens with two attached hydrogens (primary N) is 1. The van der Waals surface area contributed by atoms with Crippen molar-refractivity contribution in [1.29, 1.82) is 0 Å². The van der Waals surface area contributed by atoms with Crippen molar-refractivity contribution in [2.75, 3.05) is 5.73 Å². The number of aromatic nitrogens is 3. The summed E-state index contributed by atoms with van der Waals surface area (Å²) in [6.07, 6.45) is 6.00. The molecule has 0 amide bonds. The molecule has 0 spiro atoms. The lowest BCUT2D eigenvalue weighted by Crippen LogP contribution is -2.06. The zero-order chi connectivity index (χ0) is 14.1. The number of anilines is 1. The number of hydrogen-bond donors (Lipinski definition) is 1. The van der Waals surface area contributed by atoms with Gasteiger partial charge in [-0.3, -0.25) is 0 Å². The first-order valence-corrected chi connectivity index (χ1v) is 7.11.